The molecule has 1 aromatic carbocycles. The van der Waals surface area contributed by atoms with Gasteiger partial charge in [-0.05, 0) is 43.0 Å². The van der Waals surface area contributed by atoms with Crippen molar-refractivity contribution in [3.63, 3.8) is 0 Å². The van der Waals surface area contributed by atoms with Gasteiger partial charge in [-0.2, -0.15) is 0 Å². The second kappa shape index (κ2) is 3.38. The zero-order chi connectivity index (χ0) is 9.26. The van der Waals surface area contributed by atoms with Crippen molar-refractivity contribution in [1.82, 2.24) is 4.98 Å². The van der Waals surface area contributed by atoms with Crippen molar-refractivity contribution in [3.05, 3.63) is 36.0 Å². The largest absolute Gasteiger partial charge is 0.256 e. The van der Waals surface area contributed by atoms with Crippen LogP contribution in [0.15, 0.2) is 35.4 Å². The lowest BCUT2D eigenvalue weighted by Crippen LogP contribution is -1.81. The lowest BCUT2D eigenvalue weighted by molar-refractivity contribution is 1.32. The molecule has 0 aliphatic heterocycles. The van der Waals surface area contributed by atoms with Gasteiger partial charge in [-0.3, -0.25) is 4.98 Å². The first-order chi connectivity index (χ1) is 6.29. The van der Waals surface area contributed by atoms with Crippen molar-refractivity contribution in [1.29, 1.82) is 0 Å². The molecule has 1 heterocycles. The summed E-state index contributed by atoms with van der Waals surface area (Å²) in [5, 5.41) is 1.23. The molecular weight excluding hydrogens is 178 g/mol. The fraction of sp³-hybridized carbons (Fsp3) is 0.182. The molecule has 0 saturated heterocycles. The van der Waals surface area contributed by atoms with Crippen LogP contribution in [0.3, 0.4) is 0 Å². The molecule has 1 nitrogen and oxygen atoms in total. The van der Waals surface area contributed by atoms with Gasteiger partial charge in [0.05, 0.1) is 5.52 Å². The Hall–Kier alpha value is -1.02. The molecule has 0 aliphatic rings. The van der Waals surface area contributed by atoms with Crippen LogP contribution in [0.4, 0.5) is 0 Å². The van der Waals surface area contributed by atoms with Gasteiger partial charge in [0.15, 0.2) is 0 Å². The number of fused-ring (bicyclic) bond motifs is 1. The molecule has 2 rings (SSSR count). The van der Waals surface area contributed by atoms with Gasteiger partial charge in [-0.1, -0.05) is 0 Å². The van der Waals surface area contributed by atoms with E-state index < -0.39 is 0 Å². The third kappa shape index (κ3) is 1.68. The highest BCUT2D eigenvalue weighted by Crippen LogP contribution is 2.20. The summed E-state index contributed by atoms with van der Waals surface area (Å²) in [6.07, 6.45) is 3.99. The van der Waals surface area contributed by atoms with Gasteiger partial charge in [-0.15, -0.1) is 11.8 Å². The maximum absolute atomic E-state index is 4.35. The topological polar surface area (TPSA) is 12.9 Å². The fourth-order valence-electron chi connectivity index (χ4n) is 1.35. The van der Waals surface area contributed by atoms with Crippen molar-refractivity contribution in [2.45, 2.75) is 11.8 Å². The van der Waals surface area contributed by atoms with Crippen molar-refractivity contribution in [2.75, 3.05) is 6.26 Å². The number of rotatable bonds is 1. The van der Waals surface area contributed by atoms with Gasteiger partial charge >= 0.3 is 0 Å². The molecule has 0 N–H and O–H groups in total. The molecule has 66 valence electrons. The number of benzene rings is 1. The van der Waals surface area contributed by atoms with Gasteiger partial charge in [0.2, 0.25) is 0 Å². The number of nitrogens with zero attached hydrogens (tertiary/aromatic N) is 1. The molecule has 0 bridgehead atoms. The molecule has 0 spiro atoms. The first-order valence-corrected chi connectivity index (χ1v) is 5.42. The maximum atomic E-state index is 4.35. The molecule has 0 saturated carbocycles. The molecule has 0 atom stereocenters. The summed E-state index contributed by atoms with van der Waals surface area (Å²) in [6.45, 7) is 2.07. The quantitative estimate of drug-likeness (QED) is 0.639. The van der Waals surface area contributed by atoms with E-state index in [-0.39, 0.29) is 0 Å². The molecule has 1 aromatic heterocycles. The Morgan fingerprint density at radius 2 is 2.08 bits per heavy atom. The summed E-state index contributed by atoms with van der Waals surface area (Å²) in [7, 11) is 0. The van der Waals surface area contributed by atoms with E-state index in [9.17, 15) is 0 Å². The van der Waals surface area contributed by atoms with E-state index in [1.807, 2.05) is 6.20 Å². The first kappa shape index (κ1) is 8.57. The Kier molecular flexibility index (Phi) is 2.23. The third-order valence-corrected chi connectivity index (χ3v) is 2.75. The van der Waals surface area contributed by atoms with Crippen LogP contribution in [-0.4, -0.2) is 11.2 Å². The fourth-order valence-corrected chi connectivity index (χ4v) is 1.80. The van der Waals surface area contributed by atoms with Gasteiger partial charge in [-0.25, -0.2) is 0 Å². The van der Waals surface area contributed by atoms with Crippen LogP contribution in [0, 0.1) is 6.92 Å². The van der Waals surface area contributed by atoms with Gasteiger partial charge in [0, 0.05) is 16.5 Å². The maximum Gasteiger partial charge on any atom is 0.0702 e. The van der Waals surface area contributed by atoms with Gasteiger partial charge in [0.1, 0.15) is 0 Å². The lowest BCUT2D eigenvalue weighted by Gasteiger charge is -2.00. The highest BCUT2D eigenvalue weighted by atomic mass is 32.2. The smallest absolute Gasteiger partial charge is 0.0702 e. The molecule has 0 amide bonds. The molecule has 0 aliphatic carbocycles. The van der Waals surface area contributed by atoms with Gasteiger partial charge < -0.3 is 0 Å². The summed E-state index contributed by atoms with van der Waals surface area (Å²) >= 11 is 1.76. The molecular formula is C11H11NS. The summed E-state index contributed by atoms with van der Waals surface area (Å²) < 4.78 is 0. The van der Waals surface area contributed by atoms with E-state index in [4.69, 9.17) is 0 Å². The average Bonchev–Trinajstić information content (AvgIpc) is 2.16. The molecule has 0 radical (unpaired) electrons. The van der Waals surface area contributed by atoms with Crippen LogP contribution >= 0.6 is 11.8 Å². The van der Waals surface area contributed by atoms with Crippen molar-refractivity contribution < 1.29 is 0 Å². The minimum Gasteiger partial charge on any atom is -0.256 e. The zero-order valence-corrected chi connectivity index (χ0v) is 8.56. The molecule has 2 heteroatoms. The Balaban J connectivity index is 2.68. The number of aromatic nitrogens is 1. The Morgan fingerprint density at radius 1 is 1.23 bits per heavy atom. The highest BCUT2D eigenvalue weighted by Gasteiger charge is 1.96. The SMILES string of the molecule is CSc1ccc2ncc(C)cc2c1. The number of hydrogen-bond acceptors (Lipinski definition) is 2. The average molecular weight is 189 g/mol. The van der Waals surface area contributed by atoms with Crippen LogP contribution in [0.1, 0.15) is 5.56 Å². The van der Waals surface area contributed by atoms with Crippen molar-refractivity contribution >= 4 is 22.7 Å². The van der Waals surface area contributed by atoms with E-state index >= 15 is 0 Å². The van der Waals surface area contributed by atoms with Crippen LogP contribution in [0.25, 0.3) is 10.9 Å². The van der Waals surface area contributed by atoms with E-state index in [1.165, 1.54) is 15.8 Å². The van der Waals surface area contributed by atoms with E-state index in [2.05, 4.69) is 42.4 Å². The highest BCUT2D eigenvalue weighted by molar-refractivity contribution is 7.98. The van der Waals surface area contributed by atoms with Crippen LogP contribution < -0.4 is 0 Å². The van der Waals surface area contributed by atoms with E-state index in [0.717, 1.165) is 5.52 Å². The second-order valence-corrected chi connectivity index (χ2v) is 3.95. The van der Waals surface area contributed by atoms with Crippen molar-refractivity contribution in [2.24, 2.45) is 0 Å². The van der Waals surface area contributed by atoms with Crippen LogP contribution in [0.2, 0.25) is 0 Å². The lowest BCUT2D eigenvalue weighted by atomic mass is 10.2. The van der Waals surface area contributed by atoms with Gasteiger partial charge in [0.25, 0.3) is 0 Å². The second-order valence-electron chi connectivity index (χ2n) is 3.07. The number of aryl methyl sites for hydroxylation is 1. The minimum absolute atomic E-state index is 1.07. The monoisotopic (exact) mass is 189 g/mol. The molecule has 2 aromatic rings. The predicted octanol–water partition coefficient (Wildman–Crippen LogP) is 3.27. The number of pyridine rings is 1. The minimum atomic E-state index is 1.07. The molecule has 0 fully saturated rings. The number of hydrogen-bond donors (Lipinski definition) is 0. The first-order valence-electron chi connectivity index (χ1n) is 4.20. The molecule has 13 heavy (non-hydrogen) atoms. The summed E-state index contributed by atoms with van der Waals surface area (Å²) in [5.41, 5.74) is 2.29. The van der Waals surface area contributed by atoms with Crippen LogP contribution in [-0.2, 0) is 0 Å². The Labute approximate surface area is 82.2 Å². The van der Waals surface area contributed by atoms with Crippen LogP contribution in [0.5, 0.6) is 0 Å². The summed E-state index contributed by atoms with van der Waals surface area (Å²) in [6, 6.07) is 8.53. The van der Waals surface area contributed by atoms with E-state index in [0.29, 0.717) is 0 Å². The summed E-state index contributed by atoms with van der Waals surface area (Å²) in [5.74, 6) is 0. The van der Waals surface area contributed by atoms with E-state index in [1.54, 1.807) is 11.8 Å². The Bertz CT molecular complexity index is 437. The third-order valence-electron chi connectivity index (χ3n) is 2.03. The number of thioether (sulfide) groups is 1. The van der Waals surface area contributed by atoms with Crippen molar-refractivity contribution in [3.8, 4) is 0 Å². The zero-order valence-electron chi connectivity index (χ0n) is 7.74. The molecule has 0 unspecified atom stereocenters. The Morgan fingerprint density at radius 3 is 2.85 bits per heavy atom. The predicted molar refractivity (Wildman–Crippen MR) is 58.3 cm³/mol. The normalized spacial score (nSPS) is 10.6. The standard InChI is InChI=1S/C11H11NS/c1-8-5-9-6-10(13-2)3-4-11(9)12-7-8/h3-7H,1-2H3. The summed E-state index contributed by atoms with van der Waals surface area (Å²) in [4.78, 5) is 5.64.